The number of carboxylic acids is 1. The molecule has 2 aromatic rings. The van der Waals surface area contributed by atoms with Gasteiger partial charge in [-0.3, -0.25) is 14.4 Å². The minimum absolute atomic E-state index is 0.00881. The molecule has 0 saturated carbocycles. The molecule has 1 aliphatic rings. The number of carbonyl (C=O) groups is 3. The van der Waals surface area contributed by atoms with Crippen molar-refractivity contribution in [3.8, 4) is 17.0 Å². The number of aromatic nitrogens is 3. The Kier molecular flexibility index (Phi) is 12.7. The molecule has 2 heterocycles. The van der Waals surface area contributed by atoms with Crippen LogP contribution >= 0.6 is 0 Å². The van der Waals surface area contributed by atoms with E-state index in [1.807, 2.05) is 30.5 Å². The average molecular weight is 573 g/mol. The van der Waals surface area contributed by atoms with Crippen molar-refractivity contribution in [3.05, 3.63) is 30.5 Å². The molecule has 226 valence electrons. The van der Waals surface area contributed by atoms with Crippen LogP contribution < -0.4 is 10.1 Å². The third-order valence-electron chi connectivity index (χ3n) is 7.73. The van der Waals surface area contributed by atoms with E-state index in [4.69, 9.17) is 19.3 Å². The predicted molar refractivity (Wildman–Crippen MR) is 152 cm³/mol. The van der Waals surface area contributed by atoms with E-state index < -0.39 is 12.3 Å². The minimum atomic E-state index is -0.937. The third-order valence-corrected chi connectivity index (χ3v) is 7.73. The van der Waals surface area contributed by atoms with Crippen LogP contribution in [-0.4, -0.2) is 69.9 Å². The van der Waals surface area contributed by atoms with Gasteiger partial charge in [0.05, 0.1) is 38.4 Å². The van der Waals surface area contributed by atoms with Crippen molar-refractivity contribution in [3.63, 3.8) is 0 Å². The Bertz CT molecular complexity index is 1140. The van der Waals surface area contributed by atoms with Crippen molar-refractivity contribution in [2.24, 2.45) is 11.8 Å². The van der Waals surface area contributed by atoms with Gasteiger partial charge in [0.1, 0.15) is 17.2 Å². The van der Waals surface area contributed by atoms with Gasteiger partial charge in [-0.05, 0) is 36.8 Å². The number of nitrogens with one attached hydrogen (secondary N) is 1. The Hall–Kier alpha value is -3.31. The largest absolute Gasteiger partial charge is 0.497 e. The summed E-state index contributed by atoms with van der Waals surface area (Å²) in [4.78, 5) is 34.2. The second-order valence-electron chi connectivity index (χ2n) is 10.9. The fraction of sp³-hybridized carbons (Fsp3) is 0.633. The summed E-state index contributed by atoms with van der Waals surface area (Å²) in [5.41, 5.74) is 1.66. The van der Waals surface area contributed by atoms with E-state index in [2.05, 4.69) is 29.5 Å². The maximum Gasteiger partial charge on any atom is 0.303 e. The highest BCUT2D eigenvalue weighted by Gasteiger charge is 2.42. The molecule has 41 heavy (non-hydrogen) atoms. The van der Waals surface area contributed by atoms with E-state index in [-0.39, 0.29) is 48.5 Å². The molecule has 1 aromatic heterocycles. The van der Waals surface area contributed by atoms with E-state index in [0.717, 1.165) is 49.1 Å². The minimum Gasteiger partial charge on any atom is -0.497 e. The van der Waals surface area contributed by atoms with Gasteiger partial charge >= 0.3 is 5.97 Å². The van der Waals surface area contributed by atoms with Crippen molar-refractivity contribution in [2.45, 2.75) is 97.1 Å². The lowest BCUT2D eigenvalue weighted by Crippen LogP contribution is -2.58. The van der Waals surface area contributed by atoms with Crippen LogP contribution in [0.1, 0.15) is 72.1 Å². The van der Waals surface area contributed by atoms with Gasteiger partial charge in [-0.15, -0.1) is 5.10 Å². The first-order valence-electron chi connectivity index (χ1n) is 14.5. The van der Waals surface area contributed by atoms with Gasteiger partial charge in [-0.25, -0.2) is 4.68 Å². The quantitative estimate of drug-likeness (QED) is 0.266. The number of hydrogen-bond acceptors (Lipinski definition) is 8. The zero-order valence-corrected chi connectivity index (χ0v) is 24.6. The molecule has 5 atom stereocenters. The molecular weight excluding hydrogens is 528 g/mol. The second kappa shape index (κ2) is 16.2. The molecule has 1 fully saturated rings. The summed E-state index contributed by atoms with van der Waals surface area (Å²) in [6.07, 6.45) is 6.01. The van der Waals surface area contributed by atoms with E-state index in [0.29, 0.717) is 19.6 Å². The van der Waals surface area contributed by atoms with Gasteiger partial charge in [0.2, 0.25) is 5.91 Å². The van der Waals surface area contributed by atoms with Gasteiger partial charge in [0.25, 0.3) is 0 Å². The number of aliphatic carboxylic acids is 1. The van der Waals surface area contributed by atoms with Crippen LogP contribution in [0.3, 0.4) is 0 Å². The first kappa shape index (κ1) is 32.2. The molecule has 0 radical (unpaired) electrons. The molecule has 0 spiro atoms. The molecule has 1 saturated heterocycles. The Balaban J connectivity index is 1.49. The molecule has 1 aliphatic heterocycles. The van der Waals surface area contributed by atoms with Gasteiger partial charge in [-0.1, -0.05) is 50.5 Å². The summed E-state index contributed by atoms with van der Waals surface area (Å²) in [6, 6.07) is 7.41. The maximum absolute atomic E-state index is 12.0. The molecule has 0 bridgehead atoms. The Morgan fingerprint density at radius 1 is 1.05 bits per heavy atom. The number of unbranched alkanes of at least 4 members (excludes halogenated alkanes) is 4. The third kappa shape index (κ3) is 10.2. The van der Waals surface area contributed by atoms with E-state index in [1.54, 1.807) is 11.8 Å². The lowest BCUT2D eigenvalue weighted by Gasteiger charge is -2.44. The zero-order chi connectivity index (χ0) is 29.8. The van der Waals surface area contributed by atoms with E-state index >= 15 is 0 Å². The van der Waals surface area contributed by atoms with Crippen molar-refractivity contribution in [1.82, 2.24) is 20.3 Å². The predicted octanol–water partition coefficient (Wildman–Crippen LogP) is 4.25. The standard InChI is InChI=1S/C30H44N4O7/c1-20-21(2)29(31-22(3)35)30(40-16-9-7-5-6-8-12-24(36)14-15-28(37)38)41-27(20)19-34-18-26(32-33-34)23-11-10-13-25(17-23)39-4/h10-11,13,17-18,20-21,27,29-30H,5-9,12,14-16,19H2,1-4H3,(H,31,35)(H,37,38). The van der Waals surface area contributed by atoms with Crippen LogP contribution in [0.15, 0.2) is 30.5 Å². The summed E-state index contributed by atoms with van der Waals surface area (Å²) in [5, 5.41) is 20.3. The fourth-order valence-corrected chi connectivity index (χ4v) is 5.09. The summed E-state index contributed by atoms with van der Waals surface area (Å²) in [6.45, 7) is 6.73. The molecular formula is C30H44N4O7. The van der Waals surface area contributed by atoms with Gasteiger partial charge in [-0.2, -0.15) is 0 Å². The molecule has 5 unspecified atom stereocenters. The smallest absolute Gasteiger partial charge is 0.303 e. The maximum atomic E-state index is 12.0. The highest BCUT2D eigenvalue weighted by molar-refractivity contribution is 5.82. The van der Waals surface area contributed by atoms with E-state index in [9.17, 15) is 14.4 Å². The number of ether oxygens (including phenoxy) is 3. The highest BCUT2D eigenvalue weighted by Crippen LogP contribution is 2.33. The second-order valence-corrected chi connectivity index (χ2v) is 10.9. The normalized spacial score (nSPS) is 22.3. The van der Waals surface area contributed by atoms with Crippen molar-refractivity contribution in [2.75, 3.05) is 13.7 Å². The van der Waals surface area contributed by atoms with Gasteiger partial charge in [0, 0.05) is 31.9 Å². The number of methoxy groups -OCH3 is 1. The Morgan fingerprint density at radius 2 is 1.80 bits per heavy atom. The monoisotopic (exact) mass is 572 g/mol. The van der Waals surface area contributed by atoms with Gasteiger partial charge in [0.15, 0.2) is 6.29 Å². The summed E-state index contributed by atoms with van der Waals surface area (Å²) in [7, 11) is 1.63. The number of amides is 1. The van der Waals surface area contributed by atoms with Crippen molar-refractivity contribution < 1.29 is 33.7 Å². The SMILES string of the molecule is COc1cccc(-c2cn(CC3OC(OCCCCCCCC(=O)CCC(=O)O)C(NC(C)=O)C(C)C3C)nn2)c1. The number of Topliss-reactive ketones (excluding diaryl/α,β-unsaturated/α-hetero) is 1. The lowest BCUT2D eigenvalue weighted by molar-refractivity contribution is -0.239. The Morgan fingerprint density at radius 3 is 2.54 bits per heavy atom. The first-order chi connectivity index (χ1) is 19.7. The Labute approximate surface area is 241 Å². The number of hydrogen-bond donors (Lipinski definition) is 2. The lowest BCUT2D eigenvalue weighted by atomic mass is 9.82. The molecule has 0 aliphatic carbocycles. The average Bonchev–Trinajstić information content (AvgIpc) is 3.42. The van der Waals surface area contributed by atoms with Crippen LogP contribution in [0.2, 0.25) is 0 Å². The number of carboxylic acid groups (broad SMARTS) is 1. The van der Waals surface area contributed by atoms with Crippen LogP contribution in [0.25, 0.3) is 11.3 Å². The molecule has 1 aromatic carbocycles. The topological polar surface area (TPSA) is 142 Å². The molecule has 1 amide bonds. The van der Waals surface area contributed by atoms with Crippen molar-refractivity contribution in [1.29, 1.82) is 0 Å². The van der Waals surface area contributed by atoms with Crippen molar-refractivity contribution >= 4 is 17.7 Å². The summed E-state index contributed by atoms with van der Waals surface area (Å²) < 4.78 is 19.7. The molecule has 2 N–H and O–H groups in total. The summed E-state index contributed by atoms with van der Waals surface area (Å²) >= 11 is 0. The fourth-order valence-electron chi connectivity index (χ4n) is 5.09. The number of rotatable bonds is 17. The van der Waals surface area contributed by atoms with Crippen LogP contribution in [0.5, 0.6) is 5.75 Å². The zero-order valence-electron chi connectivity index (χ0n) is 24.6. The number of carbonyl (C=O) groups excluding carboxylic acids is 2. The molecule has 3 rings (SSSR count). The number of nitrogens with zero attached hydrogens (tertiary/aromatic N) is 3. The van der Waals surface area contributed by atoms with Gasteiger partial charge < -0.3 is 24.6 Å². The van der Waals surface area contributed by atoms with Crippen LogP contribution in [-0.2, 0) is 30.4 Å². The highest BCUT2D eigenvalue weighted by atomic mass is 16.7. The molecule has 11 nitrogen and oxygen atoms in total. The summed E-state index contributed by atoms with van der Waals surface area (Å²) in [5.74, 6) is -0.0521. The molecule has 11 heteroatoms. The number of benzene rings is 1. The first-order valence-corrected chi connectivity index (χ1v) is 14.5. The number of ketones is 1. The van der Waals surface area contributed by atoms with Crippen LogP contribution in [0.4, 0.5) is 0 Å². The van der Waals surface area contributed by atoms with E-state index in [1.165, 1.54) is 6.92 Å². The van der Waals surface area contributed by atoms with Crippen LogP contribution in [0, 0.1) is 11.8 Å².